The molecule has 1 amide bonds. The van der Waals surface area contributed by atoms with Crippen LogP contribution in [0.1, 0.15) is 17.0 Å². The van der Waals surface area contributed by atoms with Gasteiger partial charge in [-0.1, -0.05) is 54.1 Å². The van der Waals surface area contributed by atoms with Crippen molar-refractivity contribution >= 4 is 23.5 Å². The second-order valence-electron chi connectivity index (χ2n) is 5.73. The first-order chi connectivity index (χ1) is 12.0. The number of hydrogen-bond acceptors (Lipinski definition) is 3. The number of hydrogen-bond donors (Lipinski definition) is 2. The first kappa shape index (κ1) is 19.0. The molecule has 132 valence electrons. The van der Waals surface area contributed by atoms with Gasteiger partial charge >= 0.3 is 5.97 Å². The number of rotatable bonds is 8. The van der Waals surface area contributed by atoms with E-state index in [1.807, 2.05) is 30.3 Å². The number of amides is 1. The highest BCUT2D eigenvalue weighted by atomic mass is 35.5. The zero-order chi connectivity index (χ0) is 18.2. The topological polar surface area (TPSA) is 83.6 Å². The van der Waals surface area contributed by atoms with Crippen LogP contribution in [0.3, 0.4) is 0 Å². The van der Waals surface area contributed by atoms with Crippen LogP contribution in [-0.4, -0.2) is 41.5 Å². The zero-order valence-electron chi connectivity index (χ0n) is 13.8. The SMILES string of the molecule is NCC(C(=O)N(CCc1ccccc1)CC(=O)O)c1ccc(Cl)cc1. The summed E-state index contributed by atoms with van der Waals surface area (Å²) in [4.78, 5) is 25.4. The Morgan fingerprint density at radius 2 is 1.72 bits per heavy atom. The monoisotopic (exact) mass is 360 g/mol. The summed E-state index contributed by atoms with van der Waals surface area (Å²) in [7, 11) is 0. The lowest BCUT2D eigenvalue weighted by atomic mass is 9.97. The summed E-state index contributed by atoms with van der Waals surface area (Å²) in [5.74, 6) is -1.93. The van der Waals surface area contributed by atoms with Crippen molar-refractivity contribution in [2.24, 2.45) is 5.73 Å². The van der Waals surface area contributed by atoms with Gasteiger partial charge < -0.3 is 15.7 Å². The van der Waals surface area contributed by atoms with Crippen molar-refractivity contribution in [2.45, 2.75) is 12.3 Å². The summed E-state index contributed by atoms with van der Waals surface area (Å²) in [6, 6.07) is 16.5. The maximum Gasteiger partial charge on any atom is 0.323 e. The van der Waals surface area contributed by atoms with Crippen molar-refractivity contribution in [1.29, 1.82) is 0 Å². The quantitative estimate of drug-likeness (QED) is 0.757. The van der Waals surface area contributed by atoms with E-state index in [4.69, 9.17) is 22.4 Å². The van der Waals surface area contributed by atoms with Crippen molar-refractivity contribution in [2.75, 3.05) is 19.6 Å². The van der Waals surface area contributed by atoms with Crippen molar-refractivity contribution in [1.82, 2.24) is 4.90 Å². The Labute approximate surface area is 152 Å². The van der Waals surface area contributed by atoms with Gasteiger partial charge in [0.05, 0.1) is 5.92 Å². The molecule has 0 radical (unpaired) electrons. The van der Waals surface area contributed by atoms with E-state index in [1.165, 1.54) is 4.90 Å². The van der Waals surface area contributed by atoms with E-state index in [0.29, 0.717) is 18.0 Å². The van der Waals surface area contributed by atoms with Crippen molar-refractivity contribution in [3.8, 4) is 0 Å². The van der Waals surface area contributed by atoms with Gasteiger partial charge in [0.25, 0.3) is 0 Å². The van der Waals surface area contributed by atoms with Gasteiger partial charge in [-0.05, 0) is 29.7 Å². The fraction of sp³-hybridized carbons (Fsp3) is 0.263. The molecule has 0 heterocycles. The van der Waals surface area contributed by atoms with E-state index in [1.54, 1.807) is 24.3 Å². The fourth-order valence-electron chi connectivity index (χ4n) is 2.63. The van der Waals surface area contributed by atoms with Crippen LogP contribution in [0.25, 0.3) is 0 Å². The van der Waals surface area contributed by atoms with Crippen LogP contribution in [0.5, 0.6) is 0 Å². The molecule has 5 nitrogen and oxygen atoms in total. The summed E-state index contributed by atoms with van der Waals surface area (Å²) in [5.41, 5.74) is 7.56. The zero-order valence-corrected chi connectivity index (χ0v) is 14.5. The third-order valence-corrected chi connectivity index (χ3v) is 4.21. The number of benzene rings is 2. The highest BCUT2D eigenvalue weighted by molar-refractivity contribution is 6.30. The summed E-state index contributed by atoms with van der Waals surface area (Å²) in [6.45, 7) is 0.0664. The lowest BCUT2D eigenvalue weighted by Gasteiger charge is -2.26. The molecule has 25 heavy (non-hydrogen) atoms. The molecular weight excluding hydrogens is 340 g/mol. The molecule has 0 saturated heterocycles. The molecule has 0 spiro atoms. The Bertz CT molecular complexity index is 704. The molecule has 0 fully saturated rings. The predicted octanol–water partition coefficient (Wildman–Crippen LogP) is 2.54. The number of carboxylic acid groups (broad SMARTS) is 1. The molecule has 0 aliphatic rings. The minimum atomic E-state index is -1.05. The van der Waals surface area contributed by atoms with Gasteiger partial charge in [0.15, 0.2) is 0 Å². The number of carboxylic acids is 1. The summed E-state index contributed by atoms with van der Waals surface area (Å²) in [6.07, 6.45) is 0.581. The Hall–Kier alpha value is -2.37. The first-order valence-corrected chi connectivity index (χ1v) is 8.39. The average Bonchev–Trinajstić information content (AvgIpc) is 2.61. The molecule has 6 heteroatoms. The highest BCUT2D eigenvalue weighted by Gasteiger charge is 2.26. The molecule has 1 atom stereocenters. The van der Waals surface area contributed by atoms with Crippen molar-refractivity contribution < 1.29 is 14.7 Å². The number of carbonyl (C=O) groups excluding carboxylic acids is 1. The van der Waals surface area contributed by atoms with Gasteiger partial charge in [0, 0.05) is 18.1 Å². The van der Waals surface area contributed by atoms with Crippen LogP contribution < -0.4 is 5.73 Å². The molecule has 2 aromatic carbocycles. The molecule has 0 aliphatic heterocycles. The molecular formula is C19H21ClN2O3. The Morgan fingerprint density at radius 3 is 2.28 bits per heavy atom. The third-order valence-electron chi connectivity index (χ3n) is 3.96. The number of nitrogens with two attached hydrogens (primary N) is 1. The Balaban J connectivity index is 2.15. The summed E-state index contributed by atoms with van der Waals surface area (Å²) >= 11 is 5.88. The number of halogens is 1. The second kappa shape index (κ2) is 9.20. The van der Waals surface area contributed by atoms with Crippen LogP contribution >= 0.6 is 11.6 Å². The van der Waals surface area contributed by atoms with Gasteiger partial charge in [-0.25, -0.2) is 0 Å². The molecule has 2 rings (SSSR count). The molecule has 0 aliphatic carbocycles. The maximum atomic E-state index is 12.9. The summed E-state index contributed by atoms with van der Waals surface area (Å²) < 4.78 is 0. The third kappa shape index (κ3) is 5.59. The minimum Gasteiger partial charge on any atom is -0.480 e. The first-order valence-electron chi connectivity index (χ1n) is 8.01. The standard InChI is InChI=1S/C19H21ClN2O3/c20-16-8-6-15(7-9-16)17(12-21)19(25)22(13-18(23)24)11-10-14-4-2-1-3-5-14/h1-9,17H,10-13,21H2,(H,23,24). The second-order valence-corrected chi connectivity index (χ2v) is 6.17. The van der Waals surface area contributed by atoms with Crippen LogP contribution in [0, 0.1) is 0 Å². The Kier molecular flexibility index (Phi) is 6.98. The number of aliphatic carboxylic acids is 1. The van der Waals surface area contributed by atoms with Crippen molar-refractivity contribution in [3.63, 3.8) is 0 Å². The average molecular weight is 361 g/mol. The maximum absolute atomic E-state index is 12.9. The fourth-order valence-corrected chi connectivity index (χ4v) is 2.76. The molecule has 2 aromatic rings. The van der Waals surface area contributed by atoms with E-state index < -0.39 is 11.9 Å². The molecule has 3 N–H and O–H groups in total. The normalized spacial score (nSPS) is 11.8. The van der Waals surface area contributed by atoms with Gasteiger partial charge in [0.1, 0.15) is 6.54 Å². The number of nitrogens with zero attached hydrogens (tertiary/aromatic N) is 1. The van der Waals surface area contributed by atoms with Crippen LogP contribution in [0.4, 0.5) is 0 Å². The van der Waals surface area contributed by atoms with E-state index in [9.17, 15) is 9.59 Å². The van der Waals surface area contributed by atoms with Crippen LogP contribution in [0.2, 0.25) is 5.02 Å². The van der Waals surface area contributed by atoms with Crippen LogP contribution in [-0.2, 0) is 16.0 Å². The van der Waals surface area contributed by atoms with E-state index in [0.717, 1.165) is 11.1 Å². The lowest BCUT2D eigenvalue weighted by Crippen LogP contribution is -2.42. The smallest absolute Gasteiger partial charge is 0.323 e. The van der Waals surface area contributed by atoms with Crippen LogP contribution in [0.15, 0.2) is 54.6 Å². The van der Waals surface area contributed by atoms with E-state index in [-0.39, 0.29) is 19.0 Å². The summed E-state index contributed by atoms with van der Waals surface area (Å²) in [5, 5.41) is 9.72. The van der Waals surface area contributed by atoms with E-state index >= 15 is 0 Å². The molecule has 1 unspecified atom stereocenters. The minimum absolute atomic E-state index is 0.0991. The van der Waals surface area contributed by atoms with Gasteiger partial charge in [-0.15, -0.1) is 0 Å². The lowest BCUT2D eigenvalue weighted by molar-refractivity contribution is -0.145. The van der Waals surface area contributed by atoms with Gasteiger partial charge in [0.2, 0.25) is 5.91 Å². The molecule has 0 saturated carbocycles. The predicted molar refractivity (Wildman–Crippen MR) is 97.6 cm³/mol. The van der Waals surface area contributed by atoms with Gasteiger partial charge in [-0.2, -0.15) is 0 Å². The molecule has 0 bridgehead atoms. The largest absolute Gasteiger partial charge is 0.480 e. The van der Waals surface area contributed by atoms with Gasteiger partial charge in [-0.3, -0.25) is 9.59 Å². The Morgan fingerprint density at radius 1 is 1.08 bits per heavy atom. The van der Waals surface area contributed by atoms with E-state index in [2.05, 4.69) is 0 Å². The molecule has 0 aromatic heterocycles. The highest BCUT2D eigenvalue weighted by Crippen LogP contribution is 2.20. The van der Waals surface area contributed by atoms with Crippen molar-refractivity contribution in [3.05, 3.63) is 70.7 Å². The number of carbonyl (C=O) groups is 2.